The molecule has 1 amide bonds. The third-order valence-corrected chi connectivity index (χ3v) is 6.65. The summed E-state index contributed by atoms with van der Waals surface area (Å²) in [5, 5.41) is 0.730. The Morgan fingerprint density at radius 1 is 0.947 bits per heavy atom. The Bertz CT molecular complexity index is 1540. The molecule has 0 radical (unpaired) electrons. The van der Waals surface area contributed by atoms with E-state index in [1.807, 2.05) is 0 Å². The zero-order chi connectivity index (χ0) is 27.4. The number of nitrogens with one attached hydrogen (secondary N) is 1. The number of methoxy groups -OCH3 is 1. The Morgan fingerprint density at radius 2 is 1.66 bits per heavy atom. The van der Waals surface area contributed by atoms with Crippen molar-refractivity contribution in [3.63, 3.8) is 0 Å². The summed E-state index contributed by atoms with van der Waals surface area (Å²) >= 11 is 0. The van der Waals surface area contributed by atoms with E-state index < -0.39 is 46.8 Å². The van der Waals surface area contributed by atoms with Crippen LogP contribution >= 0.6 is 0 Å². The van der Waals surface area contributed by atoms with Crippen molar-refractivity contribution in [3.8, 4) is 5.75 Å². The minimum atomic E-state index is -4.82. The summed E-state index contributed by atoms with van der Waals surface area (Å²) in [7, 11) is 1.48. The highest BCUT2D eigenvalue weighted by atomic mass is 19.4. The number of carbonyl (C=O) groups is 1. The van der Waals surface area contributed by atoms with Crippen molar-refractivity contribution >= 4 is 16.8 Å². The number of carbonyl (C=O) groups excluding carboxylic acids is 1. The molecule has 4 nitrogen and oxygen atoms in total. The maximum Gasteiger partial charge on any atom is 0.416 e. The van der Waals surface area contributed by atoms with Gasteiger partial charge in [0.25, 0.3) is 5.91 Å². The lowest BCUT2D eigenvalue weighted by atomic mass is 9.90. The van der Waals surface area contributed by atoms with E-state index in [1.165, 1.54) is 19.2 Å². The molecule has 0 saturated carbocycles. The summed E-state index contributed by atoms with van der Waals surface area (Å²) in [6, 6.07) is 9.84. The van der Waals surface area contributed by atoms with Crippen LogP contribution in [-0.2, 0) is 18.8 Å². The minimum absolute atomic E-state index is 0.0695. The zero-order valence-corrected chi connectivity index (χ0v) is 19.7. The normalized spacial score (nSPS) is 16.0. The lowest BCUT2D eigenvalue weighted by Crippen LogP contribution is -2.41. The van der Waals surface area contributed by atoms with Gasteiger partial charge in [0.05, 0.1) is 29.8 Å². The monoisotopic (exact) mass is 536 g/mol. The third-order valence-electron chi connectivity index (χ3n) is 6.65. The number of aromatic nitrogens is 1. The number of rotatable bonds is 3. The zero-order valence-electron chi connectivity index (χ0n) is 19.7. The first-order valence-corrected chi connectivity index (χ1v) is 11.4. The SMILES string of the molecule is COc1ccc2[nH]c3c(c2c1)CCN(C(=O)c1cc(C(F)(F)F)ccc1F)[C@H]3c1cccc(C(F)(F)F)c1. The highest BCUT2D eigenvalue weighted by Crippen LogP contribution is 2.42. The first-order valence-electron chi connectivity index (χ1n) is 11.4. The van der Waals surface area contributed by atoms with Crippen molar-refractivity contribution in [2.45, 2.75) is 24.8 Å². The van der Waals surface area contributed by atoms with E-state index in [0.717, 1.165) is 28.0 Å². The lowest BCUT2D eigenvalue weighted by molar-refractivity contribution is -0.138. The Morgan fingerprint density at radius 3 is 2.34 bits per heavy atom. The molecular weight excluding hydrogens is 517 g/mol. The molecule has 198 valence electrons. The van der Waals surface area contributed by atoms with Gasteiger partial charge in [0.2, 0.25) is 0 Å². The van der Waals surface area contributed by atoms with Gasteiger partial charge in [-0.25, -0.2) is 4.39 Å². The number of hydrogen-bond acceptors (Lipinski definition) is 2. The smallest absolute Gasteiger partial charge is 0.416 e. The van der Waals surface area contributed by atoms with Gasteiger partial charge < -0.3 is 14.6 Å². The maximum absolute atomic E-state index is 14.7. The van der Waals surface area contributed by atoms with Crippen LogP contribution in [0.4, 0.5) is 30.7 Å². The van der Waals surface area contributed by atoms with Crippen LogP contribution in [-0.4, -0.2) is 29.4 Å². The van der Waals surface area contributed by atoms with Crippen molar-refractivity contribution in [2.24, 2.45) is 0 Å². The predicted molar refractivity (Wildman–Crippen MR) is 124 cm³/mol. The molecule has 1 N–H and O–H groups in total. The summed E-state index contributed by atoms with van der Waals surface area (Å²) in [4.78, 5) is 17.8. The average molecular weight is 536 g/mol. The minimum Gasteiger partial charge on any atom is -0.497 e. The van der Waals surface area contributed by atoms with Gasteiger partial charge in [0.15, 0.2) is 0 Å². The van der Waals surface area contributed by atoms with Gasteiger partial charge in [-0.3, -0.25) is 4.79 Å². The number of halogens is 7. The molecule has 1 atom stereocenters. The van der Waals surface area contributed by atoms with E-state index in [0.29, 0.717) is 35.2 Å². The molecule has 2 heterocycles. The van der Waals surface area contributed by atoms with Crippen molar-refractivity contribution in [2.75, 3.05) is 13.7 Å². The van der Waals surface area contributed by atoms with Crippen LogP contribution < -0.4 is 4.74 Å². The molecule has 11 heteroatoms. The second kappa shape index (κ2) is 9.07. The number of ether oxygens (including phenoxy) is 1. The van der Waals surface area contributed by atoms with Gasteiger partial charge in [-0.1, -0.05) is 12.1 Å². The van der Waals surface area contributed by atoms with Crippen LogP contribution in [0.2, 0.25) is 0 Å². The maximum atomic E-state index is 14.7. The summed E-state index contributed by atoms with van der Waals surface area (Å²) < 4.78 is 101. The van der Waals surface area contributed by atoms with Crippen molar-refractivity contribution in [1.82, 2.24) is 9.88 Å². The molecule has 38 heavy (non-hydrogen) atoms. The number of benzene rings is 3. The molecule has 1 aliphatic rings. The first-order chi connectivity index (χ1) is 17.9. The molecule has 1 aliphatic heterocycles. The van der Waals surface area contributed by atoms with Crippen LogP contribution in [0.25, 0.3) is 10.9 Å². The number of alkyl halides is 6. The molecule has 0 spiro atoms. The van der Waals surface area contributed by atoms with Gasteiger partial charge >= 0.3 is 12.4 Å². The predicted octanol–water partition coefficient (Wildman–Crippen LogP) is 7.14. The van der Waals surface area contributed by atoms with Crippen LogP contribution in [0.3, 0.4) is 0 Å². The van der Waals surface area contributed by atoms with Crippen LogP contribution in [0.1, 0.15) is 44.3 Å². The molecule has 0 fully saturated rings. The van der Waals surface area contributed by atoms with Crippen molar-refractivity contribution in [3.05, 3.63) is 100.0 Å². The standard InChI is InChI=1S/C27H19F7N2O2/c1-38-17-6-8-22-19(13-17)18-9-10-36(25(37)20-12-16(27(32,33)34)5-7-21(20)28)24(23(18)35-22)14-3-2-4-15(11-14)26(29,30)31/h2-8,11-13,24,35H,9-10H2,1H3/t24-/m0/s1. The van der Waals surface area contributed by atoms with Crippen LogP contribution in [0, 0.1) is 5.82 Å². The molecule has 1 aromatic heterocycles. The molecule has 3 aromatic carbocycles. The number of fused-ring (bicyclic) bond motifs is 3. The van der Waals surface area contributed by atoms with Gasteiger partial charge in [0, 0.05) is 23.1 Å². The molecule has 0 unspecified atom stereocenters. The van der Waals surface area contributed by atoms with Crippen LogP contribution in [0.5, 0.6) is 5.75 Å². The largest absolute Gasteiger partial charge is 0.497 e. The van der Waals surface area contributed by atoms with E-state index in [1.54, 1.807) is 18.2 Å². The number of aromatic amines is 1. The molecule has 0 saturated heterocycles. The van der Waals surface area contributed by atoms with E-state index in [-0.39, 0.29) is 18.5 Å². The van der Waals surface area contributed by atoms with E-state index in [4.69, 9.17) is 4.74 Å². The lowest BCUT2D eigenvalue weighted by Gasteiger charge is -2.36. The summed E-state index contributed by atoms with van der Waals surface area (Å²) in [5.74, 6) is -1.70. The molecule has 4 aromatic rings. The van der Waals surface area contributed by atoms with E-state index in [9.17, 15) is 35.5 Å². The first kappa shape index (κ1) is 25.6. The number of nitrogens with zero attached hydrogens (tertiary/aromatic N) is 1. The second-order valence-electron chi connectivity index (χ2n) is 8.90. The molecular formula is C27H19F7N2O2. The molecule has 0 aliphatic carbocycles. The fourth-order valence-corrected chi connectivity index (χ4v) is 4.87. The van der Waals surface area contributed by atoms with Gasteiger partial charge in [0.1, 0.15) is 11.6 Å². The molecule has 5 rings (SSSR count). The highest BCUT2D eigenvalue weighted by molar-refractivity contribution is 5.96. The second-order valence-corrected chi connectivity index (χ2v) is 8.90. The van der Waals surface area contributed by atoms with E-state index in [2.05, 4.69) is 4.98 Å². The van der Waals surface area contributed by atoms with Gasteiger partial charge in [-0.05, 0) is 66.1 Å². The summed E-state index contributed by atoms with van der Waals surface area (Å²) in [6.45, 7) is -0.0768. The highest BCUT2D eigenvalue weighted by Gasteiger charge is 2.39. The van der Waals surface area contributed by atoms with Crippen LogP contribution in [0.15, 0.2) is 60.7 Å². The van der Waals surface area contributed by atoms with Crippen molar-refractivity contribution < 1.29 is 40.3 Å². The topological polar surface area (TPSA) is 45.3 Å². The molecule has 0 bridgehead atoms. The fraction of sp³-hybridized carbons (Fsp3) is 0.222. The Balaban J connectivity index is 1.69. The van der Waals surface area contributed by atoms with Gasteiger partial charge in [-0.2, -0.15) is 26.3 Å². The van der Waals surface area contributed by atoms with Crippen molar-refractivity contribution in [1.29, 1.82) is 0 Å². The number of H-pyrrole nitrogens is 1. The third kappa shape index (κ3) is 4.46. The Labute approximate surface area is 211 Å². The average Bonchev–Trinajstić information content (AvgIpc) is 3.24. The number of hydrogen-bond donors (Lipinski definition) is 1. The Kier molecular flexibility index (Phi) is 6.12. The number of amides is 1. The summed E-state index contributed by atoms with van der Waals surface area (Å²) in [5.41, 5.74) is -1.19. The van der Waals surface area contributed by atoms with Gasteiger partial charge in [-0.15, -0.1) is 0 Å². The Hall–Kier alpha value is -4.02. The summed E-state index contributed by atoms with van der Waals surface area (Å²) in [6.07, 6.45) is -9.28. The van der Waals surface area contributed by atoms with E-state index >= 15 is 0 Å². The fourth-order valence-electron chi connectivity index (χ4n) is 4.87. The quantitative estimate of drug-likeness (QED) is 0.283.